The topological polar surface area (TPSA) is 89.3 Å². The normalized spacial score (nSPS) is 13.8. The molecule has 21 heavy (non-hydrogen) atoms. The molecule has 1 unspecified atom stereocenters. The van der Waals surface area contributed by atoms with Crippen LogP contribution in [0.2, 0.25) is 0 Å². The molecule has 3 N–H and O–H groups in total. The summed E-state index contributed by atoms with van der Waals surface area (Å²) in [6.45, 7) is 6.69. The minimum absolute atomic E-state index is 0.121. The zero-order valence-electron chi connectivity index (χ0n) is 12.6. The molecule has 0 saturated heterocycles. The van der Waals surface area contributed by atoms with E-state index in [0.717, 1.165) is 12.1 Å². The maximum Gasteiger partial charge on any atom is 0.238 e. The van der Waals surface area contributed by atoms with Crippen molar-refractivity contribution >= 4 is 21.4 Å². The molecule has 5 nitrogen and oxygen atoms in total. The molecule has 0 aliphatic heterocycles. The smallest absolute Gasteiger partial charge is 0.238 e. The number of hydrogen-bond donors (Lipinski definition) is 2. The Balaban J connectivity index is 3.10. The first-order valence-corrected chi connectivity index (χ1v) is 8.17. The van der Waals surface area contributed by atoms with Crippen LogP contribution in [0, 0.1) is 5.82 Å². The van der Waals surface area contributed by atoms with E-state index in [2.05, 4.69) is 5.32 Å². The van der Waals surface area contributed by atoms with Gasteiger partial charge in [0.2, 0.25) is 5.91 Å². The van der Waals surface area contributed by atoms with E-state index in [-0.39, 0.29) is 5.69 Å². The molecule has 118 valence electrons. The minimum atomic E-state index is -4.11. The van der Waals surface area contributed by atoms with Gasteiger partial charge in [0, 0.05) is 11.2 Å². The Kier molecular flexibility index (Phi) is 4.99. The highest BCUT2D eigenvalue weighted by Gasteiger charge is 2.34. The quantitative estimate of drug-likeness (QED) is 0.812. The highest BCUT2D eigenvalue weighted by Crippen LogP contribution is 2.22. The zero-order valence-corrected chi connectivity index (χ0v) is 13.4. The van der Waals surface area contributed by atoms with Gasteiger partial charge in [0.15, 0.2) is 9.84 Å². The van der Waals surface area contributed by atoms with E-state index >= 15 is 0 Å². The first kappa shape index (κ1) is 17.4. The fourth-order valence-electron chi connectivity index (χ4n) is 1.60. The van der Waals surface area contributed by atoms with Crippen LogP contribution in [0.5, 0.6) is 0 Å². The molecule has 1 aromatic rings. The maximum absolute atomic E-state index is 13.8. The van der Waals surface area contributed by atoms with Crippen LogP contribution in [0.4, 0.5) is 10.1 Å². The minimum Gasteiger partial charge on any atom is -0.399 e. The Morgan fingerprint density at radius 1 is 1.43 bits per heavy atom. The maximum atomic E-state index is 13.8. The van der Waals surface area contributed by atoms with Crippen LogP contribution in [0.25, 0.3) is 0 Å². The van der Waals surface area contributed by atoms with E-state index in [0.29, 0.717) is 6.42 Å². The highest BCUT2D eigenvalue weighted by atomic mass is 32.2. The van der Waals surface area contributed by atoms with Gasteiger partial charge in [-0.05, 0) is 45.4 Å². The summed E-state index contributed by atoms with van der Waals surface area (Å²) in [5, 5.41) is 1.26. The van der Waals surface area contributed by atoms with Gasteiger partial charge in [-0.15, -0.1) is 0 Å². The number of nitrogen functional groups attached to an aromatic ring is 1. The number of sulfone groups is 1. The van der Waals surface area contributed by atoms with Crippen molar-refractivity contribution in [1.82, 2.24) is 5.32 Å². The van der Waals surface area contributed by atoms with Crippen molar-refractivity contribution in [2.24, 2.45) is 0 Å². The Morgan fingerprint density at radius 3 is 2.48 bits per heavy atom. The molecule has 1 atom stereocenters. The lowest BCUT2D eigenvalue weighted by Crippen LogP contribution is -2.48. The summed E-state index contributed by atoms with van der Waals surface area (Å²) in [5.41, 5.74) is 4.99. The van der Waals surface area contributed by atoms with Crippen molar-refractivity contribution in [3.63, 3.8) is 0 Å². The van der Waals surface area contributed by atoms with E-state index in [4.69, 9.17) is 5.73 Å². The van der Waals surface area contributed by atoms with E-state index in [1.165, 1.54) is 13.0 Å². The lowest BCUT2D eigenvalue weighted by Gasteiger charge is -2.26. The molecule has 0 aliphatic rings. The molecule has 0 aromatic heterocycles. The summed E-state index contributed by atoms with van der Waals surface area (Å²) >= 11 is 0. The molecule has 0 saturated carbocycles. The highest BCUT2D eigenvalue weighted by molar-refractivity contribution is 7.92. The Morgan fingerprint density at radius 2 is 2.00 bits per heavy atom. The van der Waals surface area contributed by atoms with Crippen molar-refractivity contribution in [3.8, 4) is 0 Å². The number of carbonyl (C=O) groups is 1. The average molecular weight is 316 g/mol. The second-order valence-corrected chi connectivity index (χ2v) is 7.84. The van der Waals surface area contributed by atoms with Crippen LogP contribution < -0.4 is 11.1 Å². The van der Waals surface area contributed by atoms with Crippen molar-refractivity contribution in [3.05, 3.63) is 24.0 Å². The third-order valence-corrected chi connectivity index (χ3v) is 5.53. The SMILES string of the molecule is CCC(C)(C)NC(=O)C(C)S(=O)(=O)c1ccc(N)cc1F. The molecular weight excluding hydrogens is 295 g/mol. The number of hydrogen-bond acceptors (Lipinski definition) is 4. The largest absolute Gasteiger partial charge is 0.399 e. The van der Waals surface area contributed by atoms with Gasteiger partial charge in [-0.2, -0.15) is 0 Å². The number of rotatable bonds is 5. The Labute approximate surface area is 124 Å². The van der Waals surface area contributed by atoms with Crippen molar-refractivity contribution in [1.29, 1.82) is 0 Å². The first-order chi connectivity index (χ1) is 9.51. The number of nitrogens with one attached hydrogen (secondary N) is 1. The molecule has 0 aliphatic carbocycles. The summed E-state index contributed by atoms with van der Waals surface area (Å²) in [5.74, 6) is -1.61. The van der Waals surface area contributed by atoms with Gasteiger partial charge in [-0.3, -0.25) is 4.79 Å². The van der Waals surface area contributed by atoms with Crippen molar-refractivity contribution < 1.29 is 17.6 Å². The van der Waals surface area contributed by atoms with Gasteiger partial charge < -0.3 is 11.1 Å². The number of amides is 1. The molecule has 0 heterocycles. The molecule has 0 fully saturated rings. The second kappa shape index (κ2) is 6.01. The number of halogens is 1. The fourth-order valence-corrected chi connectivity index (χ4v) is 2.91. The Hall–Kier alpha value is -1.63. The van der Waals surface area contributed by atoms with E-state index < -0.39 is 37.2 Å². The predicted octanol–water partition coefficient (Wildman–Crippen LogP) is 1.87. The van der Waals surface area contributed by atoms with E-state index in [1.807, 2.05) is 6.92 Å². The van der Waals surface area contributed by atoms with E-state index in [9.17, 15) is 17.6 Å². The lowest BCUT2D eigenvalue weighted by atomic mass is 10.0. The van der Waals surface area contributed by atoms with Gasteiger partial charge >= 0.3 is 0 Å². The summed E-state index contributed by atoms with van der Waals surface area (Å²) in [4.78, 5) is 11.6. The van der Waals surface area contributed by atoms with Crippen LogP contribution in [0.1, 0.15) is 34.1 Å². The van der Waals surface area contributed by atoms with Gasteiger partial charge in [0.1, 0.15) is 16.0 Å². The number of anilines is 1. The number of benzene rings is 1. The van der Waals surface area contributed by atoms with Crippen molar-refractivity contribution in [2.45, 2.75) is 49.8 Å². The summed E-state index contributed by atoms with van der Waals surface area (Å²) in [7, 11) is -4.11. The number of nitrogens with two attached hydrogens (primary N) is 1. The predicted molar refractivity (Wildman–Crippen MR) is 80.0 cm³/mol. The van der Waals surface area contributed by atoms with Crippen LogP contribution in [0.15, 0.2) is 23.1 Å². The second-order valence-electron chi connectivity index (χ2n) is 5.60. The summed E-state index contributed by atoms with van der Waals surface area (Å²) in [6.07, 6.45) is 0.641. The first-order valence-electron chi connectivity index (χ1n) is 6.62. The molecule has 7 heteroatoms. The van der Waals surface area contributed by atoms with E-state index in [1.54, 1.807) is 13.8 Å². The standard InChI is InChI=1S/C14H21FN2O3S/c1-5-14(3,4)17-13(18)9(2)21(19,20)12-7-6-10(16)8-11(12)15/h6-9H,5,16H2,1-4H3,(H,17,18). The fraction of sp³-hybridized carbons (Fsp3) is 0.500. The third kappa shape index (κ3) is 3.93. The molecule has 0 spiro atoms. The van der Waals surface area contributed by atoms with Gasteiger partial charge in [0.05, 0.1) is 0 Å². The third-order valence-electron chi connectivity index (χ3n) is 3.44. The molecule has 1 amide bonds. The van der Waals surface area contributed by atoms with Gasteiger partial charge in [-0.25, -0.2) is 12.8 Å². The zero-order chi connectivity index (χ0) is 16.4. The molecule has 1 rings (SSSR count). The van der Waals surface area contributed by atoms with Crippen LogP contribution in [0.3, 0.4) is 0 Å². The molecule has 0 bridgehead atoms. The summed E-state index contributed by atoms with van der Waals surface area (Å²) in [6, 6.07) is 3.29. The molecular formula is C14H21FN2O3S. The molecule has 1 aromatic carbocycles. The van der Waals surface area contributed by atoms with Crippen LogP contribution >= 0.6 is 0 Å². The Bertz CT molecular complexity index is 642. The van der Waals surface area contributed by atoms with Gasteiger partial charge in [-0.1, -0.05) is 6.92 Å². The van der Waals surface area contributed by atoms with Crippen LogP contribution in [-0.4, -0.2) is 25.1 Å². The van der Waals surface area contributed by atoms with Crippen LogP contribution in [-0.2, 0) is 14.6 Å². The number of carbonyl (C=O) groups excluding carboxylic acids is 1. The lowest BCUT2D eigenvalue weighted by molar-refractivity contribution is -0.122. The monoisotopic (exact) mass is 316 g/mol. The summed E-state index contributed by atoms with van der Waals surface area (Å²) < 4.78 is 38.5. The van der Waals surface area contributed by atoms with Gasteiger partial charge in [0.25, 0.3) is 0 Å². The average Bonchev–Trinajstić information content (AvgIpc) is 2.36. The van der Waals surface area contributed by atoms with Crippen molar-refractivity contribution in [2.75, 3.05) is 5.73 Å². The molecule has 0 radical (unpaired) electrons.